The fourth-order valence-electron chi connectivity index (χ4n) is 0.985. The van der Waals surface area contributed by atoms with Crippen LogP contribution in [0.15, 0.2) is 11.8 Å². The van der Waals surface area contributed by atoms with Gasteiger partial charge in [-0.2, -0.15) is 0 Å². The summed E-state index contributed by atoms with van der Waals surface area (Å²) in [6, 6.07) is 0. The average Bonchev–Trinajstić information content (AvgIpc) is 2.00. The van der Waals surface area contributed by atoms with Gasteiger partial charge in [0.05, 0.1) is 5.76 Å². The molecule has 0 rings (SSSR count). The quantitative estimate of drug-likeness (QED) is 0.520. The lowest BCUT2D eigenvalue weighted by Gasteiger charge is -2.16. The van der Waals surface area contributed by atoms with Gasteiger partial charge in [-0.25, -0.2) is 0 Å². The van der Waals surface area contributed by atoms with E-state index >= 15 is 0 Å². The molecule has 0 saturated carbocycles. The lowest BCUT2D eigenvalue weighted by molar-refractivity contribution is -0.112. The van der Waals surface area contributed by atoms with Crippen molar-refractivity contribution < 1.29 is 9.90 Å². The van der Waals surface area contributed by atoms with E-state index in [1.165, 1.54) is 13.0 Å². The van der Waals surface area contributed by atoms with Gasteiger partial charge in [0.1, 0.15) is 0 Å². The Kier molecular flexibility index (Phi) is 4.64. The molecule has 12 heavy (non-hydrogen) atoms. The van der Waals surface area contributed by atoms with Crippen molar-refractivity contribution in [2.24, 2.45) is 11.8 Å². The maximum absolute atomic E-state index is 10.6. The maximum Gasteiger partial charge on any atom is 0.155 e. The Balaban J connectivity index is 4.27. The first-order valence-electron chi connectivity index (χ1n) is 4.40. The van der Waals surface area contributed by atoms with Crippen LogP contribution in [0.1, 0.15) is 34.1 Å². The van der Waals surface area contributed by atoms with Crippen molar-refractivity contribution in [3.05, 3.63) is 11.8 Å². The molecule has 2 nitrogen and oxygen atoms in total. The van der Waals surface area contributed by atoms with E-state index in [2.05, 4.69) is 13.8 Å². The zero-order chi connectivity index (χ0) is 9.72. The van der Waals surface area contributed by atoms with Gasteiger partial charge in [-0.05, 0) is 12.8 Å². The lowest BCUT2D eigenvalue weighted by Crippen LogP contribution is -2.10. The van der Waals surface area contributed by atoms with E-state index in [1.807, 2.05) is 6.92 Å². The molecule has 0 aliphatic carbocycles. The molecule has 2 atom stereocenters. The van der Waals surface area contributed by atoms with E-state index < -0.39 is 0 Å². The molecule has 0 amide bonds. The molecule has 0 fully saturated rings. The summed E-state index contributed by atoms with van der Waals surface area (Å²) in [5, 5.41) is 9.43. The molecule has 1 N–H and O–H groups in total. The molecule has 70 valence electrons. The van der Waals surface area contributed by atoms with E-state index in [0.717, 1.165) is 6.42 Å². The summed E-state index contributed by atoms with van der Waals surface area (Å²) in [7, 11) is 0. The summed E-state index contributed by atoms with van der Waals surface area (Å²) in [5.74, 6) is 0.610. The summed E-state index contributed by atoms with van der Waals surface area (Å²) in [4.78, 5) is 10.6. The van der Waals surface area contributed by atoms with E-state index in [9.17, 15) is 9.90 Å². The third-order valence-electron chi connectivity index (χ3n) is 2.32. The van der Waals surface area contributed by atoms with Crippen molar-refractivity contribution >= 4 is 5.78 Å². The normalized spacial score (nSPS) is 17.2. The van der Waals surface area contributed by atoms with E-state index in [1.54, 1.807) is 0 Å². The van der Waals surface area contributed by atoms with Crippen molar-refractivity contribution in [2.45, 2.75) is 34.1 Å². The van der Waals surface area contributed by atoms with E-state index in [0.29, 0.717) is 5.92 Å². The second-order valence-electron chi connectivity index (χ2n) is 3.35. The molecule has 2 heteroatoms. The second-order valence-corrected chi connectivity index (χ2v) is 3.35. The minimum Gasteiger partial charge on any atom is -0.512 e. The van der Waals surface area contributed by atoms with Gasteiger partial charge in [0.25, 0.3) is 0 Å². The second kappa shape index (κ2) is 4.96. The molecule has 0 saturated heterocycles. The van der Waals surface area contributed by atoms with Crippen molar-refractivity contribution in [1.82, 2.24) is 0 Å². The Hall–Kier alpha value is -0.790. The SMILES string of the molecule is CCC(C)C(C)C(O)=CC(C)=O. The van der Waals surface area contributed by atoms with Crippen LogP contribution in [-0.4, -0.2) is 10.9 Å². The van der Waals surface area contributed by atoms with E-state index in [4.69, 9.17) is 0 Å². The van der Waals surface area contributed by atoms with Crippen LogP contribution in [0.2, 0.25) is 0 Å². The zero-order valence-corrected chi connectivity index (χ0v) is 8.29. The third kappa shape index (κ3) is 3.56. The van der Waals surface area contributed by atoms with Crippen molar-refractivity contribution in [3.8, 4) is 0 Å². The number of hydrogen-bond acceptors (Lipinski definition) is 2. The Labute approximate surface area is 74.3 Å². The van der Waals surface area contributed by atoms with Crippen LogP contribution < -0.4 is 0 Å². The highest BCUT2D eigenvalue weighted by Crippen LogP contribution is 2.20. The molecule has 0 aliphatic rings. The third-order valence-corrected chi connectivity index (χ3v) is 2.32. The monoisotopic (exact) mass is 170 g/mol. The van der Waals surface area contributed by atoms with Gasteiger partial charge in [-0.15, -0.1) is 0 Å². The molecule has 0 aromatic carbocycles. The highest BCUT2D eigenvalue weighted by molar-refractivity contribution is 5.87. The van der Waals surface area contributed by atoms with Crippen molar-refractivity contribution in [3.63, 3.8) is 0 Å². The highest BCUT2D eigenvalue weighted by Gasteiger charge is 2.14. The minimum absolute atomic E-state index is 0.0823. The number of ketones is 1. The number of aliphatic hydroxyl groups is 1. The van der Waals surface area contributed by atoms with E-state index in [-0.39, 0.29) is 17.5 Å². The van der Waals surface area contributed by atoms with Gasteiger partial charge in [0, 0.05) is 12.0 Å². The number of hydrogen-bond donors (Lipinski definition) is 1. The fraction of sp³-hybridized carbons (Fsp3) is 0.700. The summed E-state index contributed by atoms with van der Waals surface area (Å²) in [6.45, 7) is 7.51. The molecular weight excluding hydrogens is 152 g/mol. The van der Waals surface area contributed by atoms with Gasteiger partial charge in [0.15, 0.2) is 5.78 Å². The Morgan fingerprint density at radius 2 is 2.00 bits per heavy atom. The lowest BCUT2D eigenvalue weighted by atomic mass is 9.91. The average molecular weight is 170 g/mol. The first kappa shape index (κ1) is 11.2. The van der Waals surface area contributed by atoms with Crippen molar-refractivity contribution in [1.29, 1.82) is 0 Å². The van der Waals surface area contributed by atoms with Crippen LogP contribution in [0, 0.1) is 11.8 Å². The summed E-state index contributed by atoms with van der Waals surface area (Å²) in [5.41, 5.74) is 0. The number of allylic oxidation sites excluding steroid dienone is 2. The Morgan fingerprint density at radius 3 is 2.33 bits per heavy atom. The van der Waals surface area contributed by atoms with Gasteiger partial charge in [-0.1, -0.05) is 27.2 Å². The largest absolute Gasteiger partial charge is 0.512 e. The van der Waals surface area contributed by atoms with Crippen LogP contribution in [0.4, 0.5) is 0 Å². The van der Waals surface area contributed by atoms with Gasteiger partial charge in [-0.3, -0.25) is 4.79 Å². The van der Waals surface area contributed by atoms with Crippen LogP contribution in [-0.2, 0) is 4.79 Å². The summed E-state index contributed by atoms with van der Waals surface area (Å²) < 4.78 is 0. The first-order chi connectivity index (χ1) is 5.49. The molecule has 0 aliphatic heterocycles. The van der Waals surface area contributed by atoms with Crippen LogP contribution in [0.3, 0.4) is 0 Å². The molecule has 0 radical (unpaired) electrons. The number of carbonyl (C=O) groups excluding carboxylic acids is 1. The standard InChI is InChI=1S/C10H18O2/c1-5-7(2)9(4)10(12)6-8(3)11/h6-7,9,12H,5H2,1-4H3. The van der Waals surface area contributed by atoms with Gasteiger partial charge in [0.2, 0.25) is 0 Å². The van der Waals surface area contributed by atoms with Gasteiger partial charge >= 0.3 is 0 Å². The Bertz CT molecular complexity index is 182. The number of rotatable bonds is 4. The molecular formula is C10H18O2. The minimum atomic E-state index is -0.0948. The summed E-state index contributed by atoms with van der Waals surface area (Å²) >= 11 is 0. The molecule has 0 heterocycles. The molecule has 2 unspecified atom stereocenters. The maximum atomic E-state index is 10.6. The van der Waals surface area contributed by atoms with Crippen molar-refractivity contribution in [2.75, 3.05) is 0 Å². The predicted molar refractivity (Wildman–Crippen MR) is 50.0 cm³/mol. The molecule has 0 aromatic rings. The molecule has 0 spiro atoms. The number of carbonyl (C=O) groups is 1. The molecule has 0 aromatic heterocycles. The predicted octanol–water partition coefficient (Wildman–Crippen LogP) is 2.70. The zero-order valence-electron chi connectivity index (χ0n) is 8.29. The molecule has 0 bridgehead atoms. The fourth-order valence-corrected chi connectivity index (χ4v) is 0.985. The first-order valence-corrected chi connectivity index (χ1v) is 4.40. The van der Waals surface area contributed by atoms with Crippen LogP contribution in [0.5, 0.6) is 0 Å². The van der Waals surface area contributed by atoms with Crippen LogP contribution >= 0.6 is 0 Å². The number of aliphatic hydroxyl groups excluding tert-OH is 1. The topological polar surface area (TPSA) is 37.3 Å². The van der Waals surface area contributed by atoms with Gasteiger partial charge < -0.3 is 5.11 Å². The summed E-state index contributed by atoms with van der Waals surface area (Å²) in [6.07, 6.45) is 2.31. The van der Waals surface area contributed by atoms with Crippen LogP contribution in [0.25, 0.3) is 0 Å². The Morgan fingerprint density at radius 1 is 1.50 bits per heavy atom. The smallest absolute Gasteiger partial charge is 0.155 e. The highest BCUT2D eigenvalue weighted by atomic mass is 16.3.